The highest BCUT2D eigenvalue weighted by atomic mass is 16.5. The van der Waals surface area contributed by atoms with Gasteiger partial charge in [-0.15, -0.1) is 4.80 Å². The van der Waals surface area contributed by atoms with Crippen LogP contribution in [0.25, 0.3) is 5.69 Å². The highest BCUT2D eigenvalue weighted by Crippen LogP contribution is 2.34. The van der Waals surface area contributed by atoms with E-state index in [0.717, 1.165) is 36.0 Å². The van der Waals surface area contributed by atoms with Gasteiger partial charge in [0.15, 0.2) is 5.69 Å². The first-order chi connectivity index (χ1) is 15.4. The van der Waals surface area contributed by atoms with Crippen LogP contribution in [0.2, 0.25) is 0 Å². The van der Waals surface area contributed by atoms with Crippen molar-refractivity contribution >= 4 is 11.9 Å². The second-order valence-electron chi connectivity index (χ2n) is 8.52. The maximum absolute atomic E-state index is 13.4. The Hall–Kier alpha value is -3.56. The van der Waals surface area contributed by atoms with Crippen LogP contribution >= 0.6 is 0 Å². The zero-order chi connectivity index (χ0) is 22.4. The number of hydrogen-bond donors (Lipinski definition) is 0. The lowest BCUT2D eigenvalue weighted by Crippen LogP contribution is -2.35. The maximum atomic E-state index is 13.4. The first kappa shape index (κ1) is 20.3. The van der Waals surface area contributed by atoms with E-state index in [0.29, 0.717) is 42.1 Å². The molecule has 2 saturated heterocycles. The summed E-state index contributed by atoms with van der Waals surface area (Å²) in [6.07, 6.45) is 4.69. The molecule has 3 aromatic rings. The van der Waals surface area contributed by atoms with Gasteiger partial charge in [-0.1, -0.05) is 0 Å². The molecule has 1 amide bonds. The molecule has 0 saturated carbocycles. The number of fused-ring (bicyclic) bond motifs is 1. The standard InChI is InChI=1S/C22H26N8O2/c1-13-14(2)26-22(27-15(13)3)29-11-16-9-28(10-17(16)12-29)21(31)20-19(30-24-5-6-25-30)7-18(32-4)8-23-20/h5-8,16-17H,9-12H2,1-4H3. The fraction of sp³-hybridized carbons (Fsp3) is 0.455. The number of nitrogens with zero attached hydrogens (tertiary/aromatic N) is 8. The van der Waals surface area contributed by atoms with Crippen LogP contribution in [0, 0.1) is 32.6 Å². The van der Waals surface area contributed by atoms with Crippen LogP contribution in [0.5, 0.6) is 5.75 Å². The van der Waals surface area contributed by atoms with Crippen LogP contribution in [-0.4, -0.2) is 74.0 Å². The first-order valence-electron chi connectivity index (χ1n) is 10.7. The summed E-state index contributed by atoms with van der Waals surface area (Å²) in [5.41, 5.74) is 4.02. The molecule has 32 heavy (non-hydrogen) atoms. The smallest absolute Gasteiger partial charge is 0.274 e. The number of rotatable bonds is 4. The van der Waals surface area contributed by atoms with Crippen molar-refractivity contribution in [1.82, 2.24) is 34.8 Å². The van der Waals surface area contributed by atoms with Gasteiger partial charge in [0.25, 0.3) is 5.91 Å². The number of aryl methyl sites for hydroxylation is 2. The van der Waals surface area contributed by atoms with Crippen molar-refractivity contribution in [2.45, 2.75) is 20.8 Å². The first-order valence-corrected chi connectivity index (χ1v) is 10.7. The number of aromatic nitrogens is 6. The topological polar surface area (TPSA) is 102 Å². The Morgan fingerprint density at radius 2 is 1.62 bits per heavy atom. The van der Waals surface area contributed by atoms with Crippen LogP contribution < -0.4 is 9.64 Å². The number of likely N-dealkylation sites (tertiary alicyclic amines) is 1. The molecule has 0 N–H and O–H groups in total. The van der Waals surface area contributed by atoms with Gasteiger partial charge >= 0.3 is 0 Å². The van der Waals surface area contributed by atoms with Crippen LogP contribution in [0.1, 0.15) is 27.4 Å². The Labute approximate surface area is 186 Å². The van der Waals surface area contributed by atoms with Gasteiger partial charge < -0.3 is 14.5 Å². The maximum Gasteiger partial charge on any atom is 0.274 e. The fourth-order valence-electron chi connectivity index (χ4n) is 4.57. The van der Waals surface area contributed by atoms with Crippen molar-refractivity contribution in [1.29, 1.82) is 0 Å². The average molecular weight is 435 g/mol. The van der Waals surface area contributed by atoms with Gasteiger partial charge in [-0.2, -0.15) is 10.2 Å². The highest BCUT2D eigenvalue weighted by Gasteiger charge is 2.43. The van der Waals surface area contributed by atoms with Crippen molar-refractivity contribution in [2.75, 3.05) is 38.2 Å². The molecule has 2 fully saturated rings. The van der Waals surface area contributed by atoms with Crippen molar-refractivity contribution in [2.24, 2.45) is 11.8 Å². The molecule has 0 aliphatic carbocycles. The molecule has 0 spiro atoms. The van der Waals surface area contributed by atoms with E-state index in [2.05, 4.69) is 27.0 Å². The quantitative estimate of drug-likeness (QED) is 0.610. The summed E-state index contributed by atoms with van der Waals surface area (Å²) in [4.78, 5) is 32.7. The van der Waals surface area contributed by atoms with Crippen molar-refractivity contribution in [3.63, 3.8) is 0 Å². The third kappa shape index (κ3) is 3.45. The molecule has 166 valence electrons. The summed E-state index contributed by atoms with van der Waals surface area (Å²) in [7, 11) is 1.56. The zero-order valence-corrected chi connectivity index (χ0v) is 18.7. The molecule has 5 heterocycles. The SMILES string of the molecule is COc1cnc(C(=O)N2CC3CN(c4nc(C)c(C)c(C)n4)CC3C2)c(-n2nccn2)c1. The molecule has 3 aromatic heterocycles. The lowest BCUT2D eigenvalue weighted by molar-refractivity contribution is 0.0776. The lowest BCUT2D eigenvalue weighted by Gasteiger charge is -2.23. The van der Waals surface area contributed by atoms with Crippen LogP contribution in [-0.2, 0) is 0 Å². The zero-order valence-electron chi connectivity index (χ0n) is 18.7. The molecule has 2 unspecified atom stereocenters. The molecule has 0 bridgehead atoms. The van der Waals surface area contributed by atoms with Crippen LogP contribution in [0.15, 0.2) is 24.7 Å². The van der Waals surface area contributed by atoms with Crippen LogP contribution in [0.4, 0.5) is 5.95 Å². The Balaban J connectivity index is 1.33. The van der Waals surface area contributed by atoms with Gasteiger partial charge in [-0.3, -0.25) is 4.79 Å². The molecule has 2 aliphatic heterocycles. The molecule has 2 aliphatic rings. The second-order valence-corrected chi connectivity index (χ2v) is 8.52. The molecular weight excluding hydrogens is 408 g/mol. The molecule has 2 atom stereocenters. The predicted octanol–water partition coefficient (Wildman–Crippen LogP) is 1.59. The van der Waals surface area contributed by atoms with Gasteiger partial charge in [-0.25, -0.2) is 15.0 Å². The number of carbonyl (C=O) groups excluding carboxylic acids is 1. The highest BCUT2D eigenvalue weighted by molar-refractivity contribution is 5.96. The van der Waals surface area contributed by atoms with E-state index in [1.54, 1.807) is 31.8 Å². The minimum atomic E-state index is -0.112. The lowest BCUT2D eigenvalue weighted by atomic mass is 10.0. The van der Waals surface area contributed by atoms with E-state index in [1.165, 1.54) is 4.80 Å². The van der Waals surface area contributed by atoms with Gasteiger partial charge in [-0.05, 0) is 26.3 Å². The number of hydrogen-bond acceptors (Lipinski definition) is 8. The minimum absolute atomic E-state index is 0.112. The second kappa shape index (κ2) is 7.85. The predicted molar refractivity (Wildman–Crippen MR) is 117 cm³/mol. The summed E-state index contributed by atoms with van der Waals surface area (Å²) in [5.74, 6) is 2.00. The molecule has 0 aromatic carbocycles. The number of methoxy groups -OCH3 is 1. The number of anilines is 1. The number of amides is 1. The summed E-state index contributed by atoms with van der Waals surface area (Å²) < 4.78 is 5.28. The summed E-state index contributed by atoms with van der Waals surface area (Å²) >= 11 is 0. The number of pyridine rings is 1. The van der Waals surface area contributed by atoms with Crippen molar-refractivity contribution in [3.8, 4) is 11.4 Å². The molecule has 10 nitrogen and oxygen atoms in total. The van der Waals surface area contributed by atoms with Gasteiger partial charge in [0, 0.05) is 55.5 Å². The Morgan fingerprint density at radius 1 is 1.00 bits per heavy atom. The minimum Gasteiger partial charge on any atom is -0.495 e. The Bertz CT molecular complexity index is 1130. The fourth-order valence-corrected chi connectivity index (χ4v) is 4.57. The van der Waals surface area contributed by atoms with Gasteiger partial charge in [0.05, 0.1) is 25.7 Å². The van der Waals surface area contributed by atoms with Gasteiger partial charge in [0.1, 0.15) is 11.4 Å². The summed E-state index contributed by atoms with van der Waals surface area (Å²) in [6.45, 7) is 9.17. The number of carbonyl (C=O) groups is 1. The van der Waals surface area contributed by atoms with E-state index in [9.17, 15) is 4.79 Å². The van der Waals surface area contributed by atoms with Crippen LogP contribution in [0.3, 0.4) is 0 Å². The van der Waals surface area contributed by atoms with E-state index in [4.69, 9.17) is 14.7 Å². The Kier molecular flexibility index (Phi) is 4.99. The van der Waals surface area contributed by atoms with Gasteiger partial charge in [0.2, 0.25) is 5.95 Å². The van der Waals surface area contributed by atoms with Crippen molar-refractivity contribution in [3.05, 3.63) is 47.3 Å². The third-order valence-corrected chi connectivity index (χ3v) is 6.59. The third-order valence-electron chi connectivity index (χ3n) is 6.59. The number of ether oxygens (including phenoxy) is 1. The summed E-state index contributed by atoms with van der Waals surface area (Å²) in [6, 6.07) is 1.73. The Morgan fingerprint density at radius 3 is 2.22 bits per heavy atom. The molecule has 0 radical (unpaired) electrons. The average Bonchev–Trinajstić information content (AvgIpc) is 3.53. The largest absolute Gasteiger partial charge is 0.495 e. The van der Waals surface area contributed by atoms with E-state index in [1.807, 2.05) is 18.7 Å². The van der Waals surface area contributed by atoms with E-state index < -0.39 is 0 Å². The van der Waals surface area contributed by atoms with E-state index in [-0.39, 0.29) is 5.91 Å². The molecule has 10 heteroatoms. The normalized spacial score (nSPS) is 20.0. The van der Waals surface area contributed by atoms with E-state index >= 15 is 0 Å². The molecule has 5 rings (SSSR count). The molecular formula is C22H26N8O2. The van der Waals surface area contributed by atoms with Crippen molar-refractivity contribution < 1.29 is 9.53 Å². The monoisotopic (exact) mass is 434 g/mol. The summed E-state index contributed by atoms with van der Waals surface area (Å²) in [5, 5.41) is 8.34.